The fourth-order valence-electron chi connectivity index (χ4n) is 5.07. The quantitative estimate of drug-likeness (QED) is 0.406. The largest absolute Gasteiger partial charge is 0.481 e. The molecule has 2 saturated heterocycles. The second-order valence-electron chi connectivity index (χ2n) is 9.49. The average Bonchev–Trinajstić information content (AvgIpc) is 2.66. The summed E-state index contributed by atoms with van der Waals surface area (Å²) in [7, 11) is 2.10. The minimum atomic E-state index is -4.42. The van der Waals surface area contributed by atoms with E-state index in [1.54, 1.807) is 0 Å². The number of alkyl halides is 3. The molecule has 1 saturated carbocycles. The van der Waals surface area contributed by atoms with Gasteiger partial charge in [0.15, 0.2) is 12.4 Å². The van der Waals surface area contributed by atoms with Crippen molar-refractivity contribution in [3.8, 4) is 5.75 Å². The average molecular weight is 625 g/mol. The van der Waals surface area contributed by atoms with E-state index in [1.165, 1.54) is 19.3 Å². The molecule has 174 valence electrons. The molecule has 1 aromatic heterocycles. The van der Waals surface area contributed by atoms with Gasteiger partial charge in [0, 0.05) is 33.4 Å². The number of benzene rings is 1. The van der Waals surface area contributed by atoms with Gasteiger partial charge < -0.3 is 14.5 Å². The lowest BCUT2D eigenvalue weighted by Gasteiger charge is -2.56. The number of likely N-dealkylation sites (tertiary alicyclic amines) is 1. The normalized spacial score (nSPS) is 21.6. The first-order valence-corrected chi connectivity index (χ1v) is 12.8. The van der Waals surface area contributed by atoms with E-state index in [-0.39, 0.29) is 11.7 Å². The summed E-state index contributed by atoms with van der Waals surface area (Å²) >= 11 is 5.57. The van der Waals surface area contributed by atoms with Crippen LogP contribution < -0.4 is 9.64 Å². The highest BCUT2D eigenvalue weighted by Crippen LogP contribution is 2.51. The zero-order valence-electron chi connectivity index (χ0n) is 17.8. The van der Waals surface area contributed by atoms with E-state index in [1.807, 2.05) is 6.07 Å². The Balaban J connectivity index is 1.60. The summed E-state index contributed by atoms with van der Waals surface area (Å²) in [5, 5.41) is 0.764. The van der Waals surface area contributed by atoms with Crippen LogP contribution in [0.15, 0.2) is 10.5 Å². The molecule has 3 heterocycles. The zero-order chi connectivity index (χ0) is 22.7. The van der Waals surface area contributed by atoms with Crippen molar-refractivity contribution in [2.45, 2.75) is 44.2 Å². The smallest absolute Gasteiger partial charge is 0.422 e. The monoisotopic (exact) mass is 624 g/mol. The van der Waals surface area contributed by atoms with E-state index in [4.69, 9.17) is 14.7 Å². The molecule has 0 bridgehead atoms. The molecule has 0 radical (unpaired) electrons. The first-order chi connectivity index (χ1) is 15.1. The summed E-state index contributed by atoms with van der Waals surface area (Å²) < 4.78 is 45.6. The SMILES string of the molecule is CN1CCC(c2nc(N3CC4(CCC4)C3)c3cc(I)c(Br)c(OCC(F)(F)F)c3n2)CC1. The highest BCUT2D eigenvalue weighted by molar-refractivity contribution is 14.1. The lowest BCUT2D eigenvalue weighted by atomic mass is 9.63. The Morgan fingerprint density at radius 2 is 1.91 bits per heavy atom. The van der Waals surface area contributed by atoms with Gasteiger partial charge in [-0.15, -0.1) is 0 Å². The van der Waals surface area contributed by atoms with Crippen molar-refractivity contribution in [1.82, 2.24) is 14.9 Å². The Hall–Kier alpha value is -0.880. The predicted molar refractivity (Wildman–Crippen MR) is 129 cm³/mol. The van der Waals surface area contributed by atoms with Crippen molar-refractivity contribution in [2.24, 2.45) is 5.41 Å². The Labute approximate surface area is 207 Å². The van der Waals surface area contributed by atoms with Gasteiger partial charge in [0.25, 0.3) is 0 Å². The van der Waals surface area contributed by atoms with Gasteiger partial charge in [0.1, 0.15) is 17.2 Å². The van der Waals surface area contributed by atoms with Crippen LogP contribution in [0.2, 0.25) is 0 Å². The van der Waals surface area contributed by atoms with E-state index in [9.17, 15) is 13.2 Å². The molecule has 32 heavy (non-hydrogen) atoms. The summed E-state index contributed by atoms with van der Waals surface area (Å²) in [5.74, 6) is 1.91. The highest BCUT2D eigenvalue weighted by atomic mass is 127. The maximum Gasteiger partial charge on any atom is 0.422 e. The Bertz CT molecular complexity index is 1030. The lowest BCUT2D eigenvalue weighted by molar-refractivity contribution is -0.153. The summed E-state index contributed by atoms with van der Waals surface area (Å²) in [4.78, 5) is 14.4. The van der Waals surface area contributed by atoms with Gasteiger partial charge in [-0.2, -0.15) is 13.2 Å². The van der Waals surface area contributed by atoms with E-state index in [0.717, 1.165) is 59.6 Å². The van der Waals surface area contributed by atoms with Crippen LogP contribution in [0.1, 0.15) is 43.8 Å². The van der Waals surface area contributed by atoms with Gasteiger partial charge in [-0.1, -0.05) is 6.42 Å². The molecule has 3 aliphatic rings. The minimum absolute atomic E-state index is 0.154. The van der Waals surface area contributed by atoms with E-state index < -0.39 is 12.8 Å². The third-order valence-corrected chi connectivity index (χ3v) is 9.45. The molecule has 3 fully saturated rings. The summed E-state index contributed by atoms with van der Waals surface area (Å²) in [6.45, 7) is 2.48. The molecule has 10 heteroatoms. The predicted octanol–water partition coefficient (Wildman–Crippen LogP) is 5.74. The molecule has 1 aromatic carbocycles. The second-order valence-corrected chi connectivity index (χ2v) is 11.4. The Morgan fingerprint density at radius 3 is 2.50 bits per heavy atom. The van der Waals surface area contributed by atoms with E-state index in [0.29, 0.717) is 15.4 Å². The van der Waals surface area contributed by atoms with Crippen LogP contribution in [0.25, 0.3) is 10.9 Å². The number of hydrogen-bond acceptors (Lipinski definition) is 5. The molecule has 0 N–H and O–H groups in total. The number of aromatic nitrogens is 2. The molecular formula is C22H25BrF3IN4O. The molecule has 0 amide bonds. The molecular weight excluding hydrogens is 600 g/mol. The van der Waals surface area contributed by atoms with Crippen molar-refractivity contribution in [1.29, 1.82) is 0 Å². The summed E-state index contributed by atoms with van der Waals surface area (Å²) in [5.41, 5.74) is 0.873. The molecule has 1 spiro atoms. The standard InChI is InChI=1S/C22H25BrF3IN4O/c1-30-7-3-13(4-8-30)19-28-17-14(20(29-19)31-10-21(11-31)5-2-6-21)9-15(27)16(23)18(17)32-12-22(24,25)26/h9,13H,2-8,10-12H2,1H3. The number of nitrogens with zero attached hydrogens (tertiary/aromatic N) is 4. The number of halogens is 5. The first-order valence-electron chi connectivity index (χ1n) is 11.0. The van der Waals surface area contributed by atoms with Crippen molar-refractivity contribution in [2.75, 3.05) is 44.7 Å². The number of fused-ring (bicyclic) bond motifs is 1. The van der Waals surface area contributed by atoms with E-state index >= 15 is 0 Å². The number of piperidine rings is 1. The maximum absolute atomic E-state index is 13.0. The molecule has 2 aromatic rings. The molecule has 1 aliphatic carbocycles. The number of rotatable bonds is 4. The van der Waals surface area contributed by atoms with Crippen LogP contribution in [-0.2, 0) is 0 Å². The highest BCUT2D eigenvalue weighted by Gasteiger charge is 2.48. The molecule has 5 rings (SSSR count). The van der Waals surface area contributed by atoms with Crippen LogP contribution in [0.5, 0.6) is 5.75 Å². The van der Waals surface area contributed by atoms with E-state index in [2.05, 4.69) is 55.4 Å². The lowest BCUT2D eigenvalue weighted by Crippen LogP contribution is -2.60. The van der Waals surface area contributed by atoms with Crippen LogP contribution in [0.4, 0.5) is 19.0 Å². The van der Waals surface area contributed by atoms with Gasteiger partial charge in [-0.25, -0.2) is 9.97 Å². The van der Waals surface area contributed by atoms with Crippen LogP contribution in [-0.4, -0.2) is 60.9 Å². The second kappa shape index (κ2) is 8.41. The maximum atomic E-state index is 13.0. The van der Waals surface area contributed by atoms with Crippen molar-refractivity contribution < 1.29 is 17.9 Å². The third kappa shape index (κ3) is 4.31. The van der Waals surface area contributed by atoms with Crippen molar-refractivity contribution in [3.05, 3.63) is 19.9 Å². The molecule has 0 unspecified atom stereocenters. The van der Waals surface area contributed by atoms with Crippen LogP contribution in [0, 0.1) is 8.99 Å². The van der Waals surface area contributed by atoms with Gasteiger partial charge in [-0.05, 0) is 90.4 Å². The van der Waals surface area contributed by atoms with Gasteiger partial charge >= 0.3 is 6.18 Å². The number of ether oxygens (including phenoxy) is 1. The Morgan fingerprint density at radius 1 is 1.22 bits per heavy atom. The third-order valence-electron chi connectivity index (χ3n) is 7.07. The van der Waals surface area contributed by atoms with Crippen LogP contribution >= 0.6 is 38.5 Å². The number of hydrogen-bond donors (Lipinski definition) is 0. The zero-order valence-corrected chi connectivity index (χ0v) is 21.6. The topological polar surface area (TPSA) is 41.5 Å². The van der Waals surface area contributed by atoms with Gasteiger partial charge in [0.2, 0.25) is 0 Å². The van der Waals surface area contributed by atoms with Crippen LogP contribution in [0.3, 0.4) is 0 Å². The van der Waals surface area contributed by atoms with Gasteiger partial charge in [0.05, 0.1) is 4.47 Å². The summed E-state index contributed by atoms with van der Waals surface area (Å²) in [6.07, 6.45) is 1.23. The van der Waals surface area contributed by atoms with Crippen molar-refractivity contribution >= 4 is 55.2 Å². The summed E-state index contributed by atoms with van der Waals surface area (Å²) in [6, 6.07) is 1.96. The van der Waals surface area contributed by atoms with Crippen molar-refractivity contribution in [3.63, 3.8) is 0 Å². The molecule has 2 aliphatic heterocycles. The number of anilines is 1. The fourth-order valence-corrected chi connectivity index (χ4v) is 6.04. The Kier molecular flexibility index (Phi) is 6.01. The van der Waals surface area contributed by atoms with Gasteiger partial charge in [-0.3, -0.25) is 0 Å². The molecule has 0 atom stereocenters. The molecule has 5 nitrogen and oxygen atoms in total. The first kappa shape index (κ1) is 22.9. The fraction of sp³-hybridized carbons (Fsp3) is 0.636. The minimum Gasteiger partial charge on any atom is -0.481 e.